The molecule has 0 aromatic rings. The van der Waals surface area contributed by atoms with Gasteiger partial charge in [-0.15, -0.1) is 0 Å². The molecular formula is C20H37N3O3. The van der Waals surface area contributed by atoms with Crippen molar-refractivity contribution >= 4 is 11.9 Å². The number of rotatable bonds is 6. The summed E-state index contributed by atoms with van der Waals surface area (Å²) in [6, 6.07) is 0.176. The van der Waals surface area contributed by atoms with E-state index in [1.165, 1.54) is 0 Å². The molecule has 2 fully saturated rings. The Morgan fingerprint density at radius 1 is 1.19 bits per heavy atom. The summed E-state index contributed by atoms with van der Waals surface area (Å²) in [4.78, 5) is 26.2. The van der Waals surface area contributed by atoms with Crippen molar-refractivity contribution < 1.29 is 14.3 Å². The Morgan fingerprint density at radius 2 is 1.88 bits per heavy atom. The first kappa shape index (κ1) is 21.0. The van der Waals surface area contributed by atoms with Crippen LogP contribution in [0.25, 0.3) is 0 Å². The number of ether oxygens (including phenoxy) is 1. The first-order valence-electron chi connectivity index (χ1n) is 10.3. The van der Waals surface area contributed by atoms with E-state index in [0.29, 0.717) is 18.3 Å². The second-order valence-corrected chi connectivity index (χ2v) is 8.72. The van der Waals surface area contributed by atoms with Crippen LogP contribution in [0.15, 0.2) is 0 Å². The topological polar surface area (TPSA) is 70.7 Å². The maximum atomic E-state index is 12.2. The number of carbonyl (C=O) groups excluding carboxylic acids is 2. The van der Waals surface area contributed by atoms with Crippen molar-refractivity contribution in [1.82, 2.24) is 15.5 Å². The average molecular weight is 368 g/mol. The fourth-order valence-corrected chi connectivity index (χ4v) is 3.94. The van der Waals surface area contributed by atoms with Crippen molar-refractivity contribution in [3.05, 3.63) is 0 Å². The number of urea groups is 1. The zero-order chi connectivity index (χ0) is 19.2. The Kier molecular flexibility index (Phi) is 7.74. The first-order chi connectivity index (χ1) is 12.3. The van der Waals surface area contributed by atoms with Gasteiger partial charge in [-0.25, -0.2) is 4.79 Å². The lowest BCUT2D eigenvalue weighted by atomic mass is 9.78. The van der Waals surface area contributed by atoms with Gasteiger partial charge in [0, 0.05) is 38.7 Å². The summed E-state index contributed by atoms with van der Waals surface area (Å²) in [7, 11) is 0. The van der Waals surface area contributed by atoms with Crippen molar-refractivity contribution in [3.8, 4) is 0 Å². The van der Waals surface area contributed by atoms with Crippen molar-refractivity contribution in [1.29, 1.82) is 0 Å². The van der Waals surface area contributed by atoms with E-state index in [-0.39, 0.29) is 23.6 Å². The number of nitrogens with one attached hydrogen (secondary N) is 2. The molecule has 2 aliphatic heterocycles. The molecule has 2 rings (SSSR count). The number of nitrogens with zero attached hydrogens (tertiary/aromatic N) is 1. The third kappa shape index (κ3) is 6.45. The number of carbonyl (C=O) groups is 2. The molecule has 1 unspecified atom stereocenters. The lowest BCUT2D eigenvalue weighted by molar-refractivity contribution is -0.133. The van der Waals surface area contributed by atoms with Gasteiger partial charge in [0.25, 0.3) is 0 Å². The summed E-state index contributed by atoms with van der Waals surface area (Å²) in [6.07, 6.45) is 5.24. The minimum absolute atomic E-state index is 0.0201. The van der Waals surface area contributed by atoms with Crippen molar-refractivity contribution in [3.63, 3.8) is 0 Å². The van der Waals surface area contributed by atoms with Crippen LogP contribution in [0.4, 0.5) is 4.79 Å². The highest BCUT2D eigenvalue weighted by Crippen LogP contribution is 2.38. The molecule has 0 aromatic heterocycles. The van der Waals surface area contributed by atoms with Crippen LogP contribution in [-0.2, 0) is 9.53 Å². The Balaban J connectivity index is 1.77. The summed E-state index contributed by atoms with van der Waals surface area (Å²) in [6.45, 7) is 11.2. The summed E-state index contributed by atoms with van der Waals surface area (Å²) in [5, 5.41) is 6.01. The fourth-order valence-electron chi connectivity index (χ4n) is 3.94. The Labute approximate surface area is 158 Å². The maximum Gasteiger partial charge on any atom is 0.317 e. The largest absolute Gasteiger partial charge is 0.375 e. The molecule has 2 N–H and O–H groups in total. The fraction of sp³-hybridized carbons (Fsp3) is 0.900. The SMILES string of the molecule is CC(C)CCNC(=O)CC1CCOC2(CCN(C(=O)NC(C)C)CC2)C1. The molecule has 3 amide bonds. The first-order valence-corrected chi connectivity index (χ1v) is 10.3. The number of piperidine rings is 1. The lowest BCUT2D eigenvalue weighted by Gasteiger charge is -2.46. The maximum absolute atomic E-state index is 12.2. The van der Waals surface area contributed by atoms with Crippen LogP contribution in [0, 0.1) is 11.8 Å². The van der Waals surface area contributed by atoms with Gasteiger partial charge in [-0.2, -0.15) is 0 Å². The van der Waals surface area contributed by atoms with E-state index in [9.17, 15) is 9.59 Å². The van der Waals surface area contributed by atoms with Crippen LogP contribution in [0.1, 0.15) is 66.2 Å². The molecule has 0 radical (unpaired) electrons. The third-order valence-electron chi connectivity index (χ3n) is 5.49. The van der Waals surface area contributed by atoms with Crippen LogP contribution >= 0.6 is 0 Å². The van der Waals surface area contributed by atoms with E-state index >= 15 is 0 Å². The second kappa shape index (κ2) is 9.58. The molecule has 1 atom stereocenters. The molecule has 0 aliphatic carbocycles. The average Bonchev–Trinajstić information content (AvgIpc) is 2.54. The smallest absolute Gasteiger partial charge is 0.317 e. The van der Waals surface area contributed by atoms with Crippen LogP contribution in [-0.4, -0.2) is 54.7 Å². The number of hydrogen-bond donors (Lipinski definition) is 2. The highest BCUT2D eigenvalue weighted by atomic mass is 16.5. The predicted molar refractivity (Wildman–Crippen MR) is 103 cm³/mol. The van der Waals surface area contributed by atoms with Gasteiger partial charge >= 0.3 is 6.03 Å². The Morgan fingerprint density at radius 3 is 2.50 bits per heavy atom. The van der Waals surface area contributed by atoms with Crippen LogP contribution in [0.5, 0.6) is 0 Å². The molecule has 6 nitrogen and oxygen atoms in total. The molecular weight excluding hydrogens is 330 g/mol. The predicted octanol–water partition coefficient (Wildman–Crippen LogP) is 2.92. The molecule has 0 bridgehead atoms. The summed E-state index contributed by atoms with van der Waals surface area (Å²) >= 11 is 0. The van der Waals surface area contributed by atoms with Crippen LogP contribution in [0.3, 0.4) is 0 Å². The van der Waals surface area contributed by atoms with Crippen molar-refractivity contribution in [2.24, 2.45) is 11.8 Å². The molecule has 150 valence electrons. The van der Waals surface area contributed by atoms with Gasteiger partial charge in [0.05, 0.1) is 5.60 Å². The second-order valence-electron chi connectivity index (χ2n) is 8.72. The van der Waals surface area contributed by atoms with Gasteiger partial charge in [-0.05, 0) is 57.8 Å². The van der Waals surface area contributed by atoms with Gasteiger partial charge in [0.15, 0.2) is 0 Å². The van der Waals surface area contributed by atoms with Gasteiger partial charge < -0.3 is 20.3 Å². The van der Waals surface area contributed by atoms with E-state index < -0.39 is 0 Å². The highest BCUT2D eigenvalue weighted by Gasteiger charge is 2.41. The molecule has 2 saturated heterocycles. The molecule has 26 heavy (non-hydrogen) atoms. The molecule has 0 aromatic carbocycles. The monoisotopic (exact) mass is 367 g/mol. The van der Waals surface area contributed by atoms with Crippen LogP contribution < -0.4 is 10.6 Å². The normalized spacial score (nSPS) is 22.7. The highest BCUT2D eigenvalue weighted by molar-refractivity contribution is 5.76. The summed E-state index contributed by atoms with van der Waals surface area (Å²) in [5.74, 6) is 1.17. The number of likely N-dealkylation sites (tertiary alicyclic amines) is 1. The van der Waals surface area contributed by atoms with Gasteiger partial charge in [0.1, 0.15) is 0 Å². The van der Waals surface area contributed by atoms with E-state index in [4.69, 9.17) is 4.74 Å². The van der Waals surface area contributed by atoms with Crippen LogP contribution in [0.2, 0.25) is 0 Å². The van der Waals surface area contributed by atoms with E-state index in [2.05, 4.69) is 24.5 Å². The van der Waals surface area contributed by atoms with Crippen molar-refractivity contribution in [2.75, 3.05) is 26.2 Å². The van der Waals surface area contributed by atoms with E-state index in [1.807, 2.05) is 18.7 Å². The third-order valence-corrected chi connectivity index (χ3v) is 5.49. The van der Waals surface area contributed by atoms with E-state index in [1.54, 1.807) is 0 Å². The minimum atomic E-state index is -0.143. The molecule has 2 heterocycles. The molecule has 2 aliphatic rings. The molecule has 6 heteroatoms. The Bertz CT molecular complexity index is 471. The van der Waals surface area contributed by atoms with Gasteiger partial charge in [-0.1, -0.05) is 13.8 Å². The quantitative estimate of drug-likeness (QED) is 0.758. The number of amides is 3. The number of hydrogen-bond acceptors (Lipinski definition) is 3. The van der Waals surface area contributed by atoms with E-state index in [0.717, 1.165) is 58.3 Å². The van der Waals surface area contributed by atoms with Gasteiger partial charge in [-0.3, -0.25) is 4.79 Å². The van der Waals surface area contributed by atoms with Crippen molar-refractivity contribution in [2.45, 2.75) is 77.9 Å². The molecule has 0 saturated carbocycles. The standard InChI is InChI=1S/C20H37N3O3/c1-15(2)5-9-21-18(24)13-17-6-12-26-20(14-17)7-10-23(11-8-20)19(25)22-16(3)4/h15-17H,5-14H2,1-4H3,(H,21,24)(H,22,25). The zero-order valence-electron chi connectivity index (χ0n) is 17.0. The zero-order valence-corrected chi connectivity index (χ0v) is 17.0. The van der Waals surface area contributed by atoms with Gasteiger partial charge in [0.2, 0.25) is 5.91 Å². The summed E-state index contributed by atoms with van der Waals surface area (Å²) < 4.78 is 6.15. The summed E-state index contributed by atoms with van der Waals surface area (Å²) in [5.41, 5.74) is -0.143. The Hall–Kier alpha value is -1.30. The molecule has 1 spiro atoms. The minimum Gasteiger partial charge on any atom is -0.375 e. The lowest BCUT2D eigenvalue weighted by Crippen LogP contribution is -2.53.